The predicted octanol–water partition coefficient (Wildman–Crippen LogP) is 1.66. The minimum absolute atomic E-state index is 0.129. The Hall–Kier alpha value is -1.51. The van der Waals surface area contributed by atoms with Crippen LogP contribution in [0.1, 0.15) is 12.5 Å². The molecule has 1 aromatic carbocycles. The molecule has 0 radical (unpaired) electrons. The Morgan fingerprint density at radius 1 is 1.40 bits per heavy atom. The zero-order valence-electron chi connectivity index (χ0n) is 9.45. The van der Waals surface area contributed by atoms with Crippen LogP contribution in [0.15, 0.2) is 18.2 Å². The number of benzene rings is 1. The highest BCUT2D eigenvalue weighted by Gasteiger charge is 2.24. The lowest BCUT2D eigenvalue weighted by Crippen LogP contribution is -2.25. The van der Waals surface area contributed by atoms with Crippen LogP contribution in [0.5, 0.6) is 0 Å². The number of nitrogens with zero attached hydrogens (tertiary/aromatic N) is 2. The summed E-state index contributed by atoms with van der Waals surface area (Å²) in [5.74, 6) is 0.129. The molecule has 2 rings (SSSR count). The summed E-state index contributed by atoms with van der Waals surface area (Å²) in [6.07, 6.45) is 0.962. The van der Waals surface area contributed by atoms with Gasteiger partial charge in [0.2, 0.25) is 5.91 Å². The van der Waals surface area contributed by atoms with Crippen LogP contribution < -0.4 is 9.80 Å². The molecule has 0 N–H and O–H groups in total. The second-order valence-corrected chi connectivity index (χ2v) is 4.09. The largest absolute Gasteiger partial charge is 0.377 e. The highest BCUT2D eigenvalue weighted by atomic mass is 16.2. The van der Waals surface area contributed by atoms with E-state index in [9.17, 15) is 4.79 Å². The Kier molecular flexibility index (Phi) is 2.39. The van der Waals surface area contributed by atoms with Gasteiger partial charge in [-0.2, -0.15) is 0 Å². The molecule has 0 fully saturated rings. The molecule has 1 amide bonds. The van der Waals surface area contributed by atoms with Gasteiger partial charge in [0, 0.05) is 44.5 Å². The maximum absolute atomic E-state index is 11.4. The zero-order chi connectivity index (χ0) is 11.0. The zero-order valence-corrected chi connectivity index (χ0v) is 9.45. The molecule has 0 saturated carbocycles. The number of hydrogen-bond donors (Lipinski definition) is 0. The fourth-order valence-electron chi connectivity index (χ4n) is 2.16. The van der Waals surface area contributed by atoms with Crippen molar-refractivity contribution in [2.45, 2.75) is 13.3 Å². The molecule has 1 heterocycles. The van der Waals surface area contributed by atoms with Gasteiger partial charge >= 0.3 is 0 Å². The lowest BCUT2D eigenvalue weighted by molar-refractivity contribution is -0.116. The van der Waals surface area contributed by atoms with E-state index in [1.807, 2.05) is 31.1 Å². The molecular formula is C12H16N2O. The normalized spacial score (nSPS) is 13.9. The van der Waals surface area contributed by atoms with E-state index in [-0.39, 0.29) is 5.91 Å². The van der Waals surface area contributed by atoms with Gasteiger partial charge in [-0.3, -0.25) is 4.79 Å². The molecule has 1 aliphatic heterocycles. The van der Waals surface area contributed by atoms with Crippen LogP contribution in [-0.2, 0) is 11.2 Å². The van der Waals surface area contributed by atoms with E-state index in [0.717, 1.165) is 18.7 Å². The molecule has 1 aromatic rings. The molecule has 1 aliphatic rings. The molecule has 0 atom stereocenters. The van der Waals surface area contributed by atoms with Gasteiger partial charge in [0.25, 0.3) is 0 Å². The average Bonchev–Trinajstić information content (AvgIpc) is 2.59. The van der Waals surface area contributed by atoms with Crippen LogP contribution in [0.25, 0.3) is 0 Å². The number of fused-ring (bicyclic) bond motifs is 1. The molecule has 0 bridgehead atoms. The van der Waals surface area contributed by atoms with Crippen molar-refractivity contribution in [2.24, 2.45) is 0 Å². The van der Waals surface area contributed by atoms with Crippen LogP contribution >= 0.6 is 0 Å². The van der Waals surface area contributed by atoms with Gasteiger partial charge in [-0.05, 0) is 18.6 Å². The number of carbonyl (C=O) groups excluding carboxylic acids is 1. The highest BCUT2D eigenvalue weighted by molar-refractivity contribution is 5.95. The second kappa shape index (κ2) is 3.57. The minimum Gasteiger partial charge on any atom is -0.377 e. The molecule has 15 heavy (non-hydrogen) atoms. The average molecular weight is 204 g/mol. The smallest absolute Gasteiger partial charge is 0.223 e. The molecular weight excluding hydrogens is 188 g/mol. The Labute approximate surface area is 90.3 Å². The van der Waals surface area contributed by atoms with E-state index >= 15 is 0 Å². The van der Waals surface area contributed by atoms with Crippen molar-refractivity contribution in [3.63, 3.8) is 0 Å². The molecule has 0 unspecified atom stereocenters. The van der Waals surface area contributed by atoms with Gasteiger partial charge in [0.05, 0.1) is 0 Å². The summed E-state index contributed by atoms with van der Waals surface area (Å²) < 4.78 is 0. The van der Waals surface area contributed by atoms with Gasteiger partial charge in [-0.1, -0.05) is 6.07 Å². The van der Waals surface area contributed by atoms with Gasteiger partial charge in [0.1, 0.15) is 0 Å². The van der Waals surface area contributed by atoms with Crippen LogP contribution in [0.2, 0.25) is 0 Å². The summed E-state index contributed by atoms with van der Waals surface area (Å²) in [4.78, 5) is 15.4. The molecule has 0 aliphatic carbocycles. The lowest BCUT2D eigenvalue weighted by atomic mass is 10.1. The van der Waals surface area contributed by atoms with Crippen molar-refractivity contribution in [2.75, 3.05) is 30.4 Å². The standard InChI is InChI=1S/C12H16N2O/c1-9(15)14-8-7-10-11(13(2)3)5-4-6-12(10)14/h4-6H,7-8H2,1-3H3. The Morgan fingerprint density at radius 3 is 2.73 bits per heavy atom. The van der Waals surface area contributed by atoms with Gasteiger partial charge in [-0.15, -0.1) is 0 Å². The van der Waals surface area contributed by atoms with E-state index in [4.69, 9.17) is 0 Å². The van der Waals surface area contributed by atoms with E-state index in [1.165, 1.54) is 11.3 Å². The predicted molar refractivity (Wildman–Crippen MR) is 62.5 cm³/mol. The van der Waals surface area contributed by atoms with Crippen molar-refractivity contribution in [1.29, 1.82) is 0 Å². The first-order valence-electron chi connectivity index (χ1n) is 5.18. The number of hydrogen-bond acceptors (Lipinski definition) is 2. The van der Waals surface area contributed by atoms with E-state index < -0.39 is 0 Å². The summed E-state index contributed by atoms with van der Waals surface area (Å²) in [7, 11) is 4.07. The first-order valence-corrected chi connectivity index (χ1v) is 5.18. The molecule has 3 nitrogen and oxygen atoms in total. The van der Waals surface area contributed by atoms with Gasteiger partial charge in [0.15, 0.2) is 0 Å². The summed E-state index contributed by atoms with van der Waals surface area (Å²) >= 11 is 0. The Morgan fingerprint density at radius 2 is 2.13 bits per heavy atom. The van der Waals surface area contributed by atoms with Gasteiger partial charge in [-0.25, -0.2) is 0 Å². The van der Waals surface area contributed by atoms with Crippen molar-refractivity contribution in [1.82, 2.24) is 0 Å². The van der Waals surface area contributed by atoms with Crippen LogP contribution in [-0.4, -0.2) is 26.5 Å². The number of carbonyl (C=O) groups is 1. The van der Waals surface area contributed by atoms with Crippen LogP contribution in [0, 0.1) is 0 Å². The first-order chi connectivity index (χ1) is 7.11. The quantitative estimate of drug-likeness (QED) is 0.694. The minimum atomic E-state index is 0.129. The summed E-state index contributed by atoms with van der Waals surface area (Å²) in [5.41, 5.74) is 3.59. The number of amides is 1. The number of anilines is 2. The molecule has 0 saturated heterocycles. The summed E-state index contributed by atoms with van der Waals surface area (Å²) in [6, 6.07) is 6.13. The second-order valence-electron chi connectivity index (χ2n) is 4.09. The third-order valence-electron chi connectivity index (χ3n) is 2.86. The monoisotopic (exact) mass is 204 g/mol. The van der Waals surface area contributed by atoms with Crippen molar-refractivity contribution in [3.05, 3.63) is 23.8 Å². The summed E-state index contributed by atoms with van der Waals surface area (Å²) in [5, 5.41) is 0. The number of rotatable bonds is 1. The third-order valence-corrected chi connectivity index (χ3v) is 2.86. The van der Waals surface area contributed by atoms with Crippen LogP contribution in [0.3, 0.4) is 0 Å². The fraction of sp³-hybridized carbons (Fsp3) is 0.417. The Balaban J connectivity index is 2.48. The van der Waals surface area contributed by atoms with E-state index in [2.05, 4.69) is 11.0 Å². The molecule has 0 spiro atoms. The van der Waals surface area contributed by atoms with E-state index in [1.54, 1.807) is 6.92 Å². The molecule has 3 heteroatoms. The molecule has 0 aromatic heterocycles. The topological polar surface area (TPSA) is 23.6 Å². The third kappa shape index (κ3) is 1.58. The van der Waals surface area contributed by atoms with Crippen LogP contribution in [0.4, 0.5) is 11.4 Å². The maximum atomic E-state index is 11.4. The van der Waals surface area contributed by atoms with Crippen molar-refractivity contribution < 1.29 is 4.79 Å². The maximum Gasteiger partial charge on any atom is 0.223 e. The highest BCUT2D eigenvalue weighted by Crippen LogP contribution is 2.34. The summed E-state index contributed by atoms with van der Waals surface area (Å²) in [6.45, 7) is 2.44. The Bertz CT molecular complexity index is 399. The molecule has 80 valence electrons. The SMILES string of the molecule is CC(=O)N1CCc2c(N(C)C)cccc21. The van der Waals surface area contributed by atoms with Crippen molar-refractivity contribution in [3.8, 4) is 0 Å². The van der Waals surface area contributed by atoms with Gasteiger partial charge < -0.3 is 9.80 Å². The lowest BCUT2D eigenvalue weighted by Gasteiger charge is -2.18. The fourth-order valence-corrected chi connectivity index (χ4v) is 2.16. The first kappa shape index (κ1) is 10.0. The van der Waals surface area contributed by atoms with Crippen molar-refractivity contribution >= 4 is 17.3 Å². The van der Waals surface area contributed by atoms with E-state index in [0.29, 0.717) is 0 Å².